The first-order valence-electron chi connectivity index (χ1n) is 6.67. The second kappa shape index (κ2) is 7.16. The number of nitrogens with one attached hydrogen (secondary N) is 1. The molecule has 1 aliphatic carbocycles. The molecule has 1 N–H and O–H groups in total. The molecule has 1 aliphatic rings. The lowest BCUT2D eigenvalue weighted by atomic mass is 9.99. The summed E-state index contributed by atoms with van der Waals surface area (Å²) in [5, 5.41) is 2.78. The number of rotatable bonds is 3. The molecular weight excluding hydrogens is 246 g/mol. The molecular formula is C14H23NO4. The van der Waals surface area contributed by atoms with E-state index in [2.05, 4.69) is 5.32 Å². The molecule has 0 heterocycles. The van der Waals surface area contributed by atoms with Crippen LogP contribution in [0.4, 0.5) is 4.79 Å². The van der Waals surface area contributed by atoms with Crippen molar-refractivity contribution in [1.29, 1.82) is 0 Å². The molecule has 0 aromatic carbocycles. The minimum absolute atomic E-state index is 0.239. The highest BCUT2D eigenvalue weighted by atomic mass is 16.6. The van der Waals surface area contributed by atoms with Crippen LogP contribution in [-0.4, -0.2) is 30.3 Å². The van der Waals surface area contributed by atoms with Gasteiger partial charge in [0, 0.05) is 0 Å². The van der Waals surface area contributed by atoms with E-state index in [9.17, 15) is 9.59 Å². The Morgan fingerprint density at radius 2 is 2.11 bits per heavy atom. The van der Waals surface area contributed by atoms with Crippen molar-refractivity contribution in [2.24, 2.45) is 0 Å². The topological polar surface area (TPSA) is 64.6 Å². The zero-order chi connectivity index (χ0) is 14.3. The number of carbonyl (C=O) groups is 2. The maximum Gasteiger partial charge on any atom is 0.408 e. The maximum atomic E-state index is 11.8. The molecule has 1 rings (SSSR count). The fourth-order valence-corrected chi connectivity index (χ4v) is 1.97. The Labute approximate surface area is 114 Å². The SMILES string of the molecule is CC(C)(C)OC(=O)N[C@@H]1CCCC/C=C\[C@@H]1OC=O. The first-order chi connectivity index (χ1) is 8.92. The minimum atomic E-state index is -0.539. The lowest BCUT2D eigenvalue weighted by Crippen LogP contribution is -2.46. The lowest BCUT2D eigenvalue weighted by molar-refractivity contribution is -0.132. The summed E-state index contributed by atoms with van der Waals surface area (Å²) < 4.78 is 10.2. The Balaban J connectivity index is 2.64. The van der Waals surface area contributed by atoms with E-state index in [0.717, 1.165) is 25.7 Å². The Morgan fingerprint density at radius 1 is 1.37 bits per heavy atom. The molecule has 0 aromatic rings. The van der Waals surface area contributed by atoms with Gasteiger partial charge in [0.2, 0.25) is 0 Å². The largest absolute Gasteiger partial charge is 0.458 e. The monoisotopic (exact) mass is 269 g/mol. The third-order valence-corrected chi connectivity index (χ3v) is 2.77. The molecule has 0 saturated carbocycles. The molecule has 1 amide bonds. The van der Waals surface area contributed by atoms with E-state index >= 15 is 0 Å². The smallest absolute Gasteiger partial charge is 0.408 e. The van der Waals surface area contributed by atoms with Crippen molar-refractivity contribution < 1.29 is 19.1 Å². The molecule has 2 atom stereocenters. The number of alkyl carbamates (subject to hydrolysis) is 1. The number of hydrogen-bond acceptors (Lipinski definition) is 4. The summed E-state index contributed by atoms with van der Waals surface area (Å²) in [5.74, 6) is 0. The molecule has 19 heavy (non-hydrogen) atoms. The molecule has 0 spiro atoms. The molecule has 0 unspecified atom stereocenters. The summed E-state index contributed by atoms with van der Waals surface area (Å²) in [5.41, 5.74) is -0.539. The Hall–Kier alpha value is -1.52. The molecule has 0 radical (unpaired) electrons. The van der Waals surface area contributed by atoms with Crippen LogP contribution >= 0.6 is 0 Å². The van der Waals surface area contributed by atoms with E-state index in [4.69, 9.17) is 9.47 Å². The van der Waals surface area contributed by atoms with Crippen molar-refractivity contribution in [3.63, 3.8) is 0 Å². The molecule has 0 aliphatic heterocycles. The van der Waals surface area contributed by atoms with Gasteiger partial charge in [-0.1, -0.05) is 12.5 Å². The van der Waals surface area contributed by atoms with Crippen LogP contribution in [0.1, 0.15) is 46.5 Å². The van der Waals surface area contributed by atoms with Gasteiger partial charge in [0.05, 0.1) is 6.04 Å². The van der Waals surface area contributed by atoms with Gasteiger partial charge in [0.15, 0.2) is 0 Å². The van der Waals surface area contributed by atoms with Crippen molar-refractivity contribution >= 4 is 12.6 Å². The van der Waals surface area contributed by atoms with Crippen LogP contribution in [0.2, 0.25) is 0 Å². The van der Waals surface area contributed by atoms with Crippen molar-refractivity contribution in [2.45, 2.75) is 64.2 Å². The second-order valence-corrected chi connectivity index (χ2v) is 5.66. The van der Waals surface area contributed by atoms with E-state index in [-0.39, 0.29) is 6.04 Å². The van der Waals surface area contributed by atoms with Gasteiger partial charge >= 0.3 is 6.09 Å². The zero-order valence-corrected chi connectivity index (χ0v) is 11.8. The Morgan fingerprint density at radius 3 is 2.74 bits per heavy atom. The van der Waals surface area contributed by atoms with Crippen LogP contribution in [0.3, 0.4) is 0 Å². The van der Waals surface area contributed by atoms with E-state index in [0.29, 0.717) is 6.47 Å². The van der Waals surface area contributed by atoms with E-state index in [1.165, 1.54) is 0 Å². The van der Waals surface area contributed by atoms with Gasteiger partial charge in [0.25, 0.3) is 6.47 Å². The highest BCUT2D eigenvalue weighted by Crippen LogP contribution is 2.16. The normalized spacial score (nSPS) is 25.6. The summed E-state index contributed by atoms with van der Waals surface area (Å²) in [4.78, 5) is 22.3. The summed E-state index contributed by atoms with van der Waals surface area (Å²) in [7, 11) is 0. The summed E-state index contributed by atoms with van der Waals surface area (Å²) in [6.07, 6.45) is 6.68. The second-order valence-electron chi connectivity index (χ2n) is 5.66. The predicted octanol–water partition coefficient (Wildman–Crippen LogP) is 2.55. The first kappa shape index (κ1) is 15.5. The quantitative estimate of drug-likeness (QED) is 0.631. The van der Waals surface area contributed by atoms with E-state index < -0.39 is 17.8 Å². The van der Waals surface area contributed by atoms with Crippen molar-refractivity contribution in [3.8, 4) is 0 Å². The van der Waals surface area contributed by atoms with E-state index in [1.807, 2.05) is 32.9 Å². The fraction of sp³-hybridized carbons (Fsp3) is 0.714. The van der Waals surface area contributed by atoms with Gasteiger partial charge in [-0.05, 0) is 46.1 Å². The molecule has 108 valence electrons. The van der Waals surface area contributed by atoms with Crippen molar-refractivity contribution in [3.05, 3.63) is 12.2 Å². The fourth-order valence-electron chi connectivity index (χ4n) is 1.97. The lowest BCUT2D eigenvalue weighted by Gasteiger charge is -2.27. The van der Waals surface area contributed by atoms with Crippen LogP contribution in [0.25, 0.3) is 0 Å². The third-order valence-electron chi connectivity index (χ3n) is 2.77. The van der Waals surface area contributed by atoms with Crippen LogP contribution < -0.4 is 5.32 Å². The van der Waals surface area contributed by atoms with Gasteiger partial charge in [-0.15, -0.1) is 0 Å². The number of allylic oxidation sites excluding steroid dienone is 1. The molecule has 0 bridgehead atoms. The standard InChI is InChI=1S/C14H23NO4/c1-14(2,3)19-13(17)15-11-8-6-4-5-7-9-12(11)18-10-16/h7,9-12H,4-6,8H2,1-3H3,(H,15,17)/b9-7-/t11-,12+/m1/s1. The van der Waals surface area contributed by atoms with Gasteiger partial charge < -0.3 is 14.8 Å². The zero-order valence-electron chi connectivity index (χ0n) is 11.8. The van der Waals surface area contributed by atoms with Crippen molar-refractivity contribution in [1.82, 2.24) is 5.32 Å². The number of carbonyl (C=O) groups excluding carboxylic acids is 2. The highest BCUT2D eigenvalue weighted by molar-refractivity contribution is 5.68. The molecule has 0 aromatic heterocycles. The van der Waals surface area contributed by atoms with Crippen LogP contribution in [-0.2, 0) is 14.3 Å². The molecule has 0 fully saturated rings. The molecule has 5 nitrogen and oxygen atoms in total. The Bertz CT molecular complexity index is 333. The predicted molar refractivity (Wildman–Crippen MR) is 71.7 cm³/mol. The minimum Gasteiger partial charge on any atom is -0.458 e. The number of amides is 1. The summed E-state index contributed by atoms with van der Waals surface area (Å²) >= 11 is 0. The first-order valence-corrected chi connectivity index (χ1v) is 6.67. The molecule has 5 heteroatoms. The van der Waals surface area contributed by atoms with E-state index in [1.54, 1.807) is 0 Å². The molecule has 0 saturated heterocycles. The van der Waals surface area contributed by atoms with Crippen LogP contribution in [0.5, 0.6) is 0 Å². The summed E-state index contributed by atoms with van der Waals surface area (Å²) in [6.45, 7) is 5.85. The third kappa shape index (κ3) is 6.27. The van der Waals surface area contributed by atoms with Crippen molar-refractivity contribution in [2.75, 3.05) is 0 Å². The maximum absolute atomic E-state index is 11.8. The van der Waals surface area contributed by atoms with Gasteiger partial charge in [-0.2, -0.15) is 0 Å². The van der Waals surface area contributed by atoms with Crippen LogP contribution in [0, 0.1) is 0 Å². The average Bonchev–Trinajstić information content (AvgIpc) is 2.25. The van der Waals surface area contributed by atoms with Gasteiger partial charge in [-0.3, -0.25) is 4.79 Å². The summed E-state index contributed by atoms with van der Waals surface area (Å²) in [6, 6.07) is -0.239. The number of hydrogen-bond donors (Lipinski definition) is 1. The average molecular weight is 269 g/mol. The van der Waals surface area contributed by atoms with Gasteiger partial charge in [0.1, 0.15) is 11.7 Å². The highest BCUT2D eigenvalue weighted by Gasteiger charge is 2.25. The Kier molecular flexibility index (Phi) is 5.86. The van der Waals surface area contributed by atoms with Gasteiger partial charge in [-0.25, -0.2) is 4.79 Å². The van der Waals surface area contributed by atoms with Crippen LogP contribution in [0.15, 0.2) is 12.2 Å². The number of ether oxygens (including phenoxy) is 2.